The fraction of sp³-hybridized carbons (Fsp3) is 0.545. The minimum atomic E-state index is -0.219. The third-order valence-electron chi connectivity index (χ3n) is 2.23. The number of thioether (sulfide) groups is 1. The predicted molar refractivity (Wildman–Crippen MR) is 70.2 cm³/mol. The SMILES string of the molecule is CC(=O)NCCNC(=O)C(C)Sc1nccn1C. The summed E-state index contributed by atoms with van der Waals surface area (Å²) in [6, 6.07) is 0. The third kappa shape index (κ3) is 4.79. The first-order valence-electron chi connectivity index (χ1n) is 5.67. The van der Waals surface area contributed by atoms with Crippen LogP contribution in [0.4, 0.5) is 0 Å². The van der Waals surface area contributed by atoms with Crippen LogP contribution in [0.25, 0.3) is 0 Å². The van der Waals surface area contributed by atoms with Crippen LogP contribution < -0.4 is 10.6 Å². The number of carbonyl (C=O) groups excluding carboxylic acids is 2. The van der Waals surface area contributed by atoms with Gasteiger partial charge in [-0.2, -0.15) is 0 Å². The molecule has 0 saturated carbocycles. The van der Waals surface area contributed by atoms with Crippen molar-refractivity contribution in [1.82, 2.24) is 20.2 Å². The molecule has 100 valence electrons. The lowest BCUT2D eigenvalue weighted by Gasteiger charge is -2.11. The van der Waals surface area contributed by atoms with Crippen molar-refractivity contribution in [3.63, 3.8) is 0 Å². The van der Waals surface area contributed by atoms with Crippen LogP contribution >= 0.6 is 11.8 Å². The molecule has 2 N–H and O–H groups in total. The van der Waals surface area contributed by atoms with E-state index in [0.29, 0.717) is 13.1 Å². The number of rotatable bonds is 6. The van der Waals surface area contributed by atoms with E-state index in [1.807, 2.05) is 24.7 Å². The van der Waals surface area contributed by atoms with E-state index in [9.17, 15) is 9.59 Å². The van der Waals surface area contributed by atoms with Gasteiger partial charge in [-0.15, -0.1) is 0 Å². The molecule has 1 heterocycles. The lowest BCUT2D eigenvalue weighted by Crippen LogP contribution is -2.37. The highest BCUT2D eigenvalue weighted by atomic mass is 32.2. The normalized spacial score (nSPS) is 11.9. The first-order valence-corrected chi connectivity index (χ1v) is 6.55. The van der Waals surface area contributed by atoms with Crippen LogP contribution in [-0.2, 0) is 16.6 Å². The third-order valence-corrected chi connectivity index (χ3v) is 3.40. The number of hydrogen-bond acceptors (Lipinski definition) is 4. The molecule has 0 radical (unpaired) electrons. The summed E-state index contributed by atoms with van der Waals surface area (Å²) in [5, 5.41) is 5.96. The first kappa shape index (κ1) is 14.6. The number of carbonyl (C=O) groups is 2. The van der Waals surface area contributed by atoms with Crippen LogP contribution in [0, 0.1) is 0 Å². The lowest BCUT2D eigenvalue weighted by atomic mass is 10.4. The Labute approximate surface area is 111 Å². The highest BCUT2D eigenvalue weighted by molar-refractivity contribution is 8.00. The molecule has 0 aliphatic rings. The van der Waals surface area contributed by atoms with E-state index in [-0.39, 0.29) is 17.1 Å². The highest BCUT2D eigenvalue weighted by Gasteiger charge is 2.15. The van der Waals surface area contributed by atoms with Crippen molar-refractivity contribution in [3.05, 3.63) is 12.4 Å². The van der Waals surface area contributed by atoms with Gasteiger partial charge in [0, 0.05) is 39.5 Å². The molecule has 0 fully saturated rings. The van der Waals surface area contributed by atoms with Crippen LogP contribution in [0.2, 0.25) is 0 Å². The Hall–Kier alpha value is -1.50. The van der Waals surface area contributed by atoms with Crippen LogP contribution in [0.5, 0.6) is 0 Å². The number of nitrogens with zero attached hydrogens (tertiary/aromatic N) is 2. The second-order valence-electron chi connectivity index (χ2n) is 3.85. The van der Waals surface area contributed by atoms with Crippen LogP contribution in [0.3, 0.4) is 0 Å². The summed E-state index contributed by atoms with van der Waals surface area (Å²) in [5.41, 5.74) is 0. The first-order chi connectivity index (χ1) is 8.50. The van der Waals surface area contributed by atoms with Gasteiger partial charge in [-0.05, 0) is 6.92 Å². The molecule has 0 bridgehead atoms. The monoisotopic (exact) mass is 270 g/mol. The molecule has 1 aromatic heterocycles. The molecule has 0 spiro atoms. The zero-order valence-corrected chi connectivity index (χ0v) is 11.6. The van der Waals surface area contributed by atoms with Gasteiger partial charge in [-0.1, -0.05) is 11.8 Å². The Bertz CT molecular complexity index is 419. The average Bonchev–Trinajstić information content (AvgIpc) is 2.70. The van der Waals surface area contributed by atoms with Crippen molar-refractivity contribution < 1.29 is 9.59 Å². The minimum absolute atomic E-state index is 0.0617. The molecule has 1 rings (SSSR count). The topological polar surface area (TPSA) is 76.0 Å². The van der Waals surface area contributed by atoms with Crippen molar-refractivity contribution in [2.75, 3.05) is 13.1 Å². The van der Waals surface area contributed by atoms with Gasteiger partial charge in [-0.3, -0.25) is 9.59 Å². The van der Waals surface area contributed by atoms with Gasteiger partial charge in [-0.25, -0.2) is 4.98 Å². The van der Waals surface area contributed by atoms with E-state index < -0.39 is 0 Å². The van der Waals surface area contributed by atoms with Crippen LogP contribution in [0.15, 0.2) is 17.6 Å². The number of aryl methyl sites for hydroxylation is 1. The number of imidazole rings is 1. The molecular formula is C11H18N4O2S. The molecule has 0 aliphatic heterocycles. The molecule has 18 heavy (non-hydrogen) atoms. The van der Waals surface area contributed by atoms with Gasteiger partial charge in [0.05, 0.1) is 5.25 Å². The smallest absolute Gasteiger partial charge is 0.233 e. The summed E-state index contributed by atoms with van der Waals surface area (Å²) in [6.07, 6.45) is 3.54. The second-order valence-corrected chi connectivity index (χ2v) is 5.16. The predicted octanol–water partition coefficient (Wildman–Crippen LogP) is 0.153. The van der Waals surface area contributed by atoms with Gasteiger partial charge >= 0.3 is 0 Å². The molecular weight excluding hydrogens is 252 g/mol. The summed E-state index contributed by atoms with van der Waals surface area (Å²) in [7, 11) is 1.89. The maximum Gasteiger partial charge on any atom is 0.233 e. The zero-order valence-electron chi connectivity index (χ0n) is 10.8. The summed E-state index contributed by atoms with van der Waals surface area (Å²) < 4.78 is 1.87. The quantitative estimate of drug-likeness (QED) is 0.570. The molecule has 7 heteroatoms. The van der Waals surface area contributed by atoms with E-state index in [1.54, 1.807) is 6.20 Å². The highest BCUT2D eigenvalue weighted by Crippen LogP contribution is 2.20. The molecule has 1 atom stereocenters. The average molecular weight is 270 g/mol. The molecule has 6 nitrogen and oxygen atoms in total. The number of amides is 2. The van der Waals surface area contributed by atoms with Crippen molar-refractivity contribution in [1.29, 1.82) is 0 Å². The molecule has 0 saturated heterocycles. The zero-order chi connectivity index (χ0) is 13.5. The second kappa shape index (κ2) is 7.05. The van der Waals surface area contributed by atoms with Crippen LogP contribution in [-0.4, -0.2) is 39.7 Å². The Balaban J connectivity index is 2.29. The van der Waals surface area contributed by atoms with E-state index in [2.05, 4.69) is 15.6 Å². The number of hydrogen-bond donors (Lipinski definition) is 2. The summed E-state index contributed by atoms with van der Waals surface area (Å²) in [5.74, 6) is -0.159. The Morgan fingerprint density at radius 3 is 2.67 bits per heavy atom. The lowest BCUT2D eigenvalue weighted by molar-refractivity contribution is -0.121. The summed E-state index contributed by atoms with van der Waals surface area (Å²) in [6.45, 7) is 4.15. The van der Waals surface area contributed by atoms with Gasteiger partial charge in [0.1, 0.15) is 0 Å². The van der Waals surface area contributed by atoms with E-state index in [4.69, 9.17) is 0 Å². The molecule has 1 aromatic rings. The molecule has 0 aliphatic carbocycles. The Morgan fingerprint density at radius 1 is 1.44 bits per heavy atom. The van der Waals surface area contributed by atoms with Gasteiger partial charge in [0.2, 0.25) is 11.8 Å². The maximum absolute atomic E-state index is 11.7. The molecule has 1 unspecified atom stereocenters. The molecule has 2 amide bonds. The van der Waals surface area contributed by atoms with E-state index in [1.165, 1.54) is 18.7 Å². The maximum atomic E-state index is 11.7. The van der Waals surface area contributed by atoms with E-state index in [0.717, 1.165) is 5.16 Å². The molecule has 0 aromatic carbocycles. The van der Waals surface area contributed by atoms with Gasteiger partial charge in [0.15, 0.2) is 5.16 Å². The standard InChI is InChI=1S/C11H18N4O2S/c1-8(18-11-14-6-7-15(11)3)10(17)13-5-4-12-9(2)16/h6-8H,4-5H2,1-3H3,(H,12,16)(H,13,17). The van der Waals surface area contributed by atoms with Crippen molar-refractivity contribution >= 4 is 23.6 Å². The van der Waals surface area contributed by atoms with Gasteiger partial charge in [0.25, 0.3) is 0 Å². The van der Waals surface area contributed by atoms with Crippen molar-refractivity contribution in [2.24, 2.45) is 7.05 Å². The summed E-state index contributed by atoms with van der Waals surface area (Å²) in [4.78, 5) is 26.5. The van der Waals surface area contributed by atoms with Crippen molar-refractivity contribution in [2.45, 2.75) is 24.3 Å². The number of nitrogens with one attached hydrogen (secondary N) is 2. The van der Waals surface area contributed by atoms with Crippen molar-refractivity contribution in [3.8, 4) is 0 Å². The minimum Gasteiger partial charge on any atom is -0.355 e. The summed E-state index contributed by atoms with van der Waals surface area (Å²) >= 11 is 1.40. The van der Waals surface area contributed by atoms with Crippen LogP contribution in [0.1, 0.15) is 13.8 Å². The van der Waals surface area contributed by atoms with Gasteiger partial charge < -0.3 is 15.2 Å². The van der Waals surface area contributed by atoms with E-state index >= 15 is 0 Å². The largest absolute Gasteiger partial charge is 0.355 e. The Kier molecular flexibility index (Phi) is 5.70. The Morgan fingerprint density at radius 2 is 2.11 bits per heavy atom. The number of aromatic nitrogens is 2. The fourth-order valence-electron chi connectivity index (χ4n) is 1.25. The fourth-order valence-corrected chi connectivity index (χ4v) is 2.10.